The summed E-state index contributed by atoms with van der Waals surface area (Å²) in [5.74, 6) is -1.39. The highest BCUT2D eigenvalue weighted by Crippen LogP contribution is 2.67. The topological polar surface area (TPSA) is 108 Å². The van der Waals surface area contributed by atoms with Gasteiger partial charge in [0.2, 0.25) is 17.7 Å². The number of carbonyl (C=O) groups is 3. The van der Waals surface area contributed by atoms with Crippen LogP contribution in [0.4, 0.5) is 11.4 Å². The molecule has 0 radical (unpaired) electrons. The van der Waals surface area contributed by atoms with Crippen LogP contribution in [0.5, 0.6) is 5.75 Å². The van der Waals surface area contributed by atoms with Crippen molar-refractivity contribution in [1.29, 1.82) is 0 Å². The van der Waals surface area contributed by atoms with Crippen molar-refractivity contribution in [3.05, 3.63) is 66.7 Å². The van der Waals surface area contributed by atoms with Gasteiger partial charge in [0, 0.05) is 28.0 Å². The highest BCUT2D eigenvalue weighted by Gasteiger charge is 2.75. The molecule has 0 saturated carbocycles. The Kier molecular flexibility index (Phi) is 7.27. The molecule has 1 spiro atoms. The van der Waals surface area contributed by atoms with Gasteiger partial charge in [0.25, 0.3) is 0 Å². The summed E-state index contributed by atoms with van der Waals surface area (Å²) >= 11 is 5.33. The van der Waals surface area contributed by atoms with Crippen molar-refractivity contribution >= 4 is 67.6 Å². The molecule has 8 nitrogen and oxygen atoms in total. The predicted molar refractivity (Wildman–Crippen MR) is 160 cm³/mol. The van der Waals surface area contributed by atoms with E-state index < -0.39 is 22.6 Å². The minimum absolute atomic E-state index is 0.0261. The second-order valence-corrected chi connectivity index (χ2v) is 13.1. The van der Waals surface area contributed by atoms with Gasteiger partial charge in [-0.1, -0.05) is 46.3 Å². The Morgan fingerprint density at radius 1 is 1.05 bits per heavy atom. The van der Waals surface area contributed by atoms with E-state index in [1.807, 2.05) is 49.4 Å². The molecule has 6 atom stereocenters. The molecule has 3 N–H and O–H groups in total. The van der Waals surface area contributed by atoms with E-state index >= 15 is 0 Å². The number of nitrogens with zero attached hydrogens (tertiary/aromatic N) is 1. The van der Waals surface area contributed by atoms with Crippen LogP contribution < -0.4 is 15.4 Å². The molecule has 208 valence electrons. The first kappa shape index (κ1) is 27.1. The fourth-order valence-corrected chi connectivity index (χ4v) is 10.2. The number of anilines is 2. The fraction of sp³-hybridized carbons (Fsp3) is 0.367. The Balaban J connectivity index is 1.29. The van der Waals surface area contributed by atoms with E-state index in [-0.39, 0.29) is 41.0 Å². The number of alkyl halides is 1. The van der Waals surface area contributed by atoms with E-state index in [0.717, 1.165) is 10.8 Å². The zero-order valence-corrected chi connectivity index (χ0v) is 24.3. The van der Waals surface area contributed by atoms with Crippen molar-refractivity contribution in [3.8, 4) is 5.75 Å². The number of β-amino-alcohol motifs (C(OH)–C–C–N with tert-alkyl or cyclic N) is 1. The monoisotopic (exact) mass is 623 g/mol. The van der Waals surface area contributed by atoms with Crippen LogP contribution in [0.2, 0.25) is 0 Å². The number of rotatable bonds is 8. The Labute approximate surface area is 245 Å². The van der Waals surface area contributed by atoms with Crippen molar-refractivity contribution < 1.29 is 24.2 Å². The van der Waals surface area contributed by atoms with Gasteiger partial charge < -0.3 is 25.4 Å². The Morgan fingerprint density at radius 3 is 2.48 bits per heavy atom. The summed E-state index contributed by atoms with van der Waals surface area (Å²) in [6.07, 6.45) is 0.573. The molecular weight excluding hydrogens is 594 g/mol. The van der Waals surface area contributed by atoms with Crippen LogP contribution in [-0.2, 0) is 14.4 Å². The molecule has 3 saturated heterocycles. The first-order valence-corrected chi connectivity index (χ1v) is 15.2. The summed E-state index contributed by atoms with van der Waals surface area (Å²) in [6.45, 7) is 2.20. The highest BCUT2D eigenvalue weighted by molar-refractivity contribution is 9.09. The molecule has 3 amide bonds. The van der Waals surface area contributed by atoms with Gasteiger partial charge in [-0.15, -0.1) is 11.8 Å². The summed E-state index contributed by atoms with van der Waals surface area (Å²) in [4.78, 5) is 43.0. The minimum Gasteiger partial charge on any atom is -0.494 e. The van der Waals surface area contributed by atoms with Gasteiger partial charge in [0.1, 0.15) is 11.8 Å². The molecule has 6 rings (SSSR count). The maximum atomic E-state index is 13.9. The molecule has 0 aromatic heterocycles. The largest absolute Gasteiger partial charge is 0.494 e. The number of carbonyl (C=O) groups excluding carboxylic acids is 3. The van der Waals surface area contributed by atoms with E-state index in [9.17, 15) is 19.5 Å². The maximum Gasteiger partial charge on any atom is 0.248 e. The molecule has 3 aliphatic heterocycles. The summed E-state index contributed by atoms with van der Waals surface area (Å²) < 4.78 is 4.71. The van der Waals surface area contributed by atoms with Gasteiger partial charge >= 0.3 is 0 Å². The molecule has 10 heteroatoms. The molecule has 3 heterocycles. The number of likely N-dealkylation sites (tertiary alicyclic amines) is 1. The van der Waals surface area contributed by atoms with Crippen LogP contribution in [0.25, 0.3) is 10.8 Å². The summed E-state index contributed by atoms with van der Waals surface area (Å²) in [5.41, 5.74) is 1.25. The molecule has 3 aromatic carbocycles. The standard InChI is InChI=1S/C30H30BrN3O5S/c1-2-39-21-11-9-19(10-12-21)32-27(36)23-24-29(38)34(13-14-35)26(30(24)16-22(31)25(23)40-30)28(37)33-20-8-7-17-5-3-4-6-18(17)15-20/h3-12,15,22-26,35H,2,13-14,16H2,1H3,(H,32,36)(H,33,37)/t22?,23-,24-,25-,26?,30?/m0/s1. The Bertz CT molecular complexity index is 1470. The summed E-state index contributed by atoms with van der Waals surface area (Å²) in [6, 6.07) is 19.9. The van der Waals surface area contributed by atoms with Crippen molar-refractivity contribution in [2.24, 2.45) is 11.8 Å². The van der Waals surface area contributed by atoms with E-state index in [1.165, 1.54) is 4.90 Å². The number of aliphatic hydroxyl groups is 1. The van der Waals surface area contributed by atoms with Gasteiger partial charge in [-0.25, -0.2) is 0 Å². The van der Waals surface area contributed by atoms with Gasteiger partial charge in [-0.05, 0) is 60.5 Å². The lowest BCUT2D eigenvalue weighted by atomic mass is 9.70. The van der Waals surface area contributed by atoms with Crippen LogP contribution in [0, 0.1) is 11.8 Å². The fourth-order valence-electron chi connectivity index (χ4n) is 6.58. The smallest absolute Gasteiger partial charge is 0.248 e. The number of halogens is 1. The number of fused-ring (bicyclic) bond motifs is 2. The molecule has 3 aliphatic rings. The van der Waals surface area contributed by atoms with Crippen LogP contribution in [0.3, 0.4) is 0 Å². The van der Waals surface area contributed by atoms with Crippen molar-refractivity contribution in [2.45, 2.75) is 34.2 Å². The van der Waals surface area contributed by atoms with E-state index in [1.54, 1.807) is 36.0 Å². The average molecular weight is 625 g/mol. The SMILES string of the molecule is CCOc1ccc(NC(=O)[C@H]2[C@H]3C(=O)N(CCO)C(C(=O)Nc4ccc5ccccc5c4)C34CC(Br)[C@@H]2S4)cc1. The minimum atomic E-state index is -0.818. The second-order valence-electron chi connectivity index (χ2n) is 10.4. The number of nitrogens with one attached hydrogen (secondary N) is 2. The molecule has 3 aromatic rings. The van der Waals surface area contributed by atoms with Crippen LogP contribution >= 0.6 is 27.7 Å². The van der Waals surface area contributed by atoms with Crippen molar-refractivity contribution in [2.75, 3.05) is 30.4 Å². The van der Waals surface area contributed by atoms with Gasteiger partial charge in [0.15, 0.2) is 0 Å². The van der Waals surface area contributed by atoms with E-state index in [0.29, 0.717) is 30.2 Å². The van der Waals surface area contributed by atoms with E-state index in [2.05, 4.69) is 26.6 Å². The number of benzene rings is 3. The van der Waals surface area contributed by atoms with Crippen LogP contribution in [0.1, 0.15) is 13.3 Å². The van der Waals surface area contributed by atoms with Crippen molar-refractivity contribution in [1.82, 2.24) is 4.90 Å². The number of amides is 3. The van der Waals surface area contributed by atoms with E-state index in [4.69, 9.17) is 4.74 Å². The third-order valence-corrected chi connectivity index (χ3v) is 11.4. The zero-order valence-electron chi connectivity index (χ0n) is 21.9. The first-order chi connectivity index (χ1) is 19.4. The first-order valence-electron chi connectivity index (χ1n) is 13.4. The number of hydrogen-bond donors (Lipinski definition) is 3. The Morgan fingerprint density at radius 2 is 1.75 bits per heavy atom. The number of ether oxygens (including phenoxy) is 1. The number of aliphatic hydroxyl groups excluding tert-OH is 1. The summed E-state index contributed by atoms with van der Waals surface area (Å²) in [7, 11) is 0. The van der Waals surface area contributed by atoms with Gasteiger partial charge in [0.05, 0.1) is 29.8 Å². The lowest BCUT2D eigenvalue weighted by Gasteiger charge is -2.35. The molecule has 3 fully saturated rings. The van der Waals surface area contributed by atoms with Crippen LogP contribution in [0.15, 0.2) is 66.7 Å². The second kappa shape index (κ2) is 10.7. The molecule has 0 aliphatic carbocycles. The average Bonchev–Trinajstić information content (AvgIpc) is 3.53. The third kappa shape index (κ3) is 4.46. The maximum absolute atomic E-state index is 13.9. The van der Waals surface area contributed by atoms with Crippen molar-refractivity contribution in [3.63, 3.8) is 0 Å². The quantitative estimate of drug-likeness (QED) is 0.323. The number of thioether (sulfide) groups is 1. The lowest BCUT2D eigenvalue weighted by molar-refractivity contribution is -0.138. The zero-order chi connectivity index (χ0) is 28.0. The predicted octanol–water partition coefficient (Wildman–Crippen LogP) is 4.27. The lowest BCUT2D eigenvalue weighted by Crippen LogP contribution is -2.53. The van der Waals surface area contributed by atoms with Gasteiger partial charge in [-0.2, -0.15) is 0 Å². The molecular formula is C30H30BrN3O5S. The summed E-state index contributed by atoms with van der Waals surface area (Å²) in [5, 5.41) is 17.7. The molecule has 3 unspecified atom stereocenters. The normalized spacial score (nSPS) is 28.5. The van der Waals surface area contributed by atoms with Crippen LogP contribution in [-0.4, -0.2) is 68.4 Å². The van der Waals surface area contributed by atoms with Gasteiger partial charge in [-0.3, -0.25) is 14.4 Å². The highest BCUT2D eigenvalue weighted by atomic mass is 79.9. The Hall–Kier alpha value is -3.08. The third-order valence-electron chi connectivity index (χ3n) is 8.13. The number of hydrogen-bond acceptors (Lipinski definition) is 6. The molecule has 40 heavy (non-hydrogen) atoms. The molecule has 2 bridgehead atoms.